The summed E-state index contributed by atoms with van der Waals surface area (Å²) in [6.07, 6.45) is -1.42. The fourth-order valence-corrected chi connectivity index (χ4v) is 15.8. The summed E-state index contributed by atoms with van der Waals surface area (Å²) in [5.41, 5.74) is 8.93. The first-order valence-corrected chi connectivity index (χ1v) is 22.0. The van der Waals surface area contributed by atoms with Crippen molar-refractivity contribution in [2.45, 2.75) is 107 Å². The molecule has 0 amide bonds. The van der Waals surface area contributed by atoms with Crippen molar-refractivity contribution in [2.24, 2.45) is 10.1 Å². The topological polar surface area (TPSA) is 111 Å². The van der Waals surface area contributed by atoms with Crippen LogP contribution in [0.15, 0.2) is 95.0 Å². The van der Waals surface area contributed by atoms with E-state index in [0.717, 1.165) is 29.4 Å². The van der Waals surface area contributed by atoms with Crippen LogP contribution in [0.25, 0.3) is 10.4 Å². The minimum absolute atomic E-state index is 0.230. The number of benzene rings is 3. The van der Waals surface area contributed by atoms with E-state index in [1.807, 2.05) is 31.2 Å². The quantitative estimate of drug-likeness (QED) is 0.0608. The highest BCUT2D eigenvalue weighted by Gasteiger charge is 2.83. The molecule has 0 bridgehead atoms. The minimum Gasteiger partial charge on any atom is -0.497 e. The third-order valence-corrected chi connectivity index (χ3v) is 21.0. The predicted molar refractivity (Wildman–Crippen MR) is 199 cm³/mol. The van der Waals surface area contributed by atoms with Crippen LogP contribution in [0.5, 0.6) is 5.75 Å². The Balaban J connectivity index is 1.51. The summed E-state index contributed by atoms with van der Waals surface area (Å²) in [4.78, 5) is 8.75. The van der Waals surface area contributed by atoms with Gasteiger partial charge in [0.05, 0.1) is 19.8 Å². The largest absolute Gasteiger partial charge is 0.497 e. The van der Waals surface area contributed by atoms with Crippen molar-refractivity contribution in [1.29, 1.82) is 0 Å². The van der Waals surface area contributed by atoms with E-state index in [1.165, 1.54) is 10.4 Å². The molecule has 0 unspecified atom stereocenters. The summed E-state index contributed by atoms with van der Waals surface area (Å²) in [5.74, 6) is 1.25. The highest BCUT2D eigenvalue weighted by molar-refractivity contribution is 6.99. The van der Waals surface area contributed by atoms with Crippen molar-refractivity contribution >= 4 is 32.9 Å². The summed E-state index contributed by atoms with van der Waals surface area (Å²) >= 11 is 0. The smallest absolute Gasteiger partial charge is 0.261 e. The second-order valence-electron chi connectivity index (χ2n) is 14.6. The van der Waals surface area contributed by atoms with E-state index < -0.39 is 52.1 Å². The van der Waals surface area contributed by atoms with E-state index >= 15 is 0 Å². The van der Waals surface area contributed by atoms with Gasteiger partial charge in [-0.3, -0.25) is 0 Å². The van der Waals surface area contributed by atoms with Crippen LogP contribution in [0.2, 0.25) is 23.2 Å². The van der Waals surface area contributed by atoms with E-state index in [2.05, 4.69) is 112 Å². The van der Waals surface area contributed by atoms with Gasteiger partial charge >= 0.3 is 0 Å². The maximum Gasteiger partial charge on any atom is 0.261 e. The van der Waals surface area contributed by atoms with E-state index in [9.17, 15) is 5.53 Å². The highest BCUT2D eigenvalue weighted by Crippen LogP contribution is 2.62. The number of fused-ring (bicyclic) bond motifs is 1. The Morgan fingerprint density at radius 1 is 0.898 bits per heavy atom. The summed E-state index contributed by atoms with van der Waals surface area (Å²) in [7, 11) is -3.57. The molecular weight excluding hydrogens is 649 g/mol. The van der Waals surface area contributed by atoms with Gasteiger partial charge in [0, 0.05) is 10.5 Å². The Labute approximate surface area is 292 Å². The summed E-state index contributed by atoms with van der Waals surface area (Å²) < 4.78 is 33.9. The average molecular weight is 699 g/mol. The number of nitrogens with zero attached hydrogens (tertiary/aromatic N) is 4. The lowest BCUT2D eigenvalue weighted by Crippen LogP contribution is -2.68. The molecule has 3 aromatic rings. The van der Waals surface area contributed by atoms with Crippen molar-refractivity contribution < 1.29 is 23.1 Å². The number of methoxy groups -OCH3 is 1. The lowest BCUT2D eigenvalue weighted by atomic mass is 9.84. The zero-order valence-electron chi connectivity index (χ0n) is 30.1. The minimum atomic E-state index is -2.94. The van der Waals surface area contributed by atoms with Crippen LogP contribution < -0.4 is 15.1 Å². The Morgan fingerprint density at radius 2 is 1.47 bits per heavy atom. The first-order valence-electron chi connectivity index (χ1n) is 17.6. The molecule has 0 N–H and O–H groups in total. The predicted octanol–water partition coefficient (Wildman–Crippen LogP) is 7.40. The van der Waals surface area contributed by atoms with Gasteiger partial charge < -0.3 is 23.1 Å². The standard InChI is InChI=1S/C38H50N4O5Si2/c1-9-48(10-2,11-3)47-35-37(26-44-49(36(5,6)7,30-18-14-12-15-19-30)31-20-16-13-17-21-31)33(46-37)32(41-42-39)38(35)27(4)45-34(40-38)28-22-24-29(43-8)25-23-28/h12-25,27,32-33,35H,9-11,26H2,1-8H3/t27-,32-,33-,35-,37-,38-/m0/s1. The van der Waals surface area contributed by atoms with Crippen LogP contribution in [0.4, 0.5) is 0 Å². The molecule has 2 aliphatic heterocycles. The maximum absolute atomic E-state index is 9.98. The third-order valence-electron chi connectivity index (χ3n) is 11.4. The van der Waals surface area contributed by atoms with Crippen LogP contribution in [0, 0.1) is 0 Å². The molecular formula is C38H50N4O5Si2. The molecule has 6 atom stereocenters. The summed E-state index contributed by atoms with van der Waals surface area (Å²) in [6, 6.07) is 31.1. The van der Waals surface area contributed by atoms with Crippen molar-refractivity contribution in [3.05, 3.63) is 101 Å². The Morgan fingerprint density at radius 3 is 1.96 bits per heavy atom. The molecule has 49 heavy (non-hydrogen) atoms. The Bertz CT molecular complexity index is 1640. The molecule has 2 heterocycles. The van der Waals surface area contributed by atoms with Gasteiger partial charge in [0.25, 0.3) is 8.32 Å². The second kappa shape index (κ2) is 13.4. The number of aliphatic imine (C=N–C) groups is 1. The number of ether oxygens (including phenoxy) is 3. The van der Waals surface area contributed by atoms with Crippen molar-refractivity contribution in [1.82, 2.24) is 0 Å². The molecule has 1 saturated heterocycles. The van der Waals surface area contributed by atoms with E-state index in [0.29, 0.717) is 5.90 Å². The van der Waals surface area contributed by atoms with Gasteiger partial charge in [-0.2, -0.15) is 0 Å². The van der Waals surface area contributed by atoms with Crippen LogP contribution in [0.3, 0.4) is 0 Å². The molecule has 0 radical (unpaired) electrons. The Hall–Kier alpha value is -3.45. The van der Waals surface area contributed by atoms with Crippen molar-refractivity contribution in [2.75, 3.05) is 13.7 Å². The van der Waals surface area contributed by atoms with E-state index in [4.69, 9.17) is 28.1 Å². The fourth-order valence-electron chi connectivity index (χ4n) is 8.36. The first kappa shape index (κ1) is 35.4. The average Bonchev–Trinajstić information content (AvgIpc) is 3.68. The van der Waals surface area contributed by atoms with Gasteiger partial charge in [0.15, 0.2) is 8.32 Å². The zero-order valence-corrected chi connectivity index (χ0v) is 32.1. The number of hydrogen-bond donors (Lipinski definition) is 0. The molecule has 2 fully saturated rings. The van der Waals surface area contributed by atoms with Gasteiger partial charge in [-0.15, -0.1) is 0 Å². The number of hydrogen-bond acceptors (Lipinski definition) is 7. The van der Waals surface area contributed by atoms with E-state index in [-0.39, 0.29) is 11.6 Å². The molecule has 3 aliphatic rings. The molecule has 1 saturated carbocycles. The molecule has 3 aromatic carbocycles. The zero-order chi connectivity index (χ0) is 35.1. The van der Waals surface area contributed by atoms with Gasteiger partial charge in [-0.05, 0) is 70.3 Å². The van der Waals surface area contributed by atoms with Gasteiger partial charge in [-0.25, -0.2) is 4.99 Å². The number of epoxide rings is 1. The first-order chi connectivity index (χ1) is 23.5. The number of azide groups is 1. The second-order valence-corrected chi connectivity index (χ2v) is 23.7. The molecule has 11 heteroatoms. The Kier molecular flexibility index (Phi) is 9.64. The van der Waals surface area contributed by atoms with E-state index in [1.54, 1.807) is 7.11 Å². The van der Waals surface area contributed by atoms with Gasteiger partial charge in [-0.1, -0.05) is 107 Å². The molecule has 0 aromatic heterocycles. The monoisotopic (exact) mass is 698 g/mol. The summed E-state index contributed by atoms with van der Waals surface area (Å²) in [5, 5.41) is 6.59. The molecule has 260 valence electrons. The van der Waals surface area contributed by atoms with Crippen molar-refractivity contribution in [3.63, 3.8) is 0 Å². The lowest BCUT2D eigenvalue weighted by molar-refractivity contribution is -0.0344. The van der Waals surface area contributed by atoms with Gasteiger partial charge in [0.2, 0.25) is 5.90 Å². The highest BCUT2D eigenvalue weighted by atomic mass is 28.4. The molecule has 1 aliphatic carbocycles. The molecule has 1 spiro atoms. The van der Waals surface area contributed by atoms with Crippen LogP contribution in [0.1, 0.15) is 54.0 Å². The maximum atomic E-state index is 9.98. The van der Waals surface area contributed by atoms with Crippen LogP contribution in [-0.4, -0.2) is 71.7 Å². The van der Waals surface area contributed by atoms with Crippen LogP contribution in [-0.2, 0) is 18.3 Å². The third kappa shape index (κ3) is 5.64. The van der Waals surface area contributed by atoms with Crippen molar-refractivity contribution in [3.8, 4) is 5.75 Å². The van der Waals surface area contributed by atoms with Crippen LogP contribution >= 0.6 is 0 Å². The number of rotatable bonds is 13. The normalized spacial score (nSPS) is 27.6. The molecule has 9 nitrogen and oxygen atoms in total. The lowest BCUT2D eigenvalue weighted by Gasteiger charge is -2.46. The SMILES string of the molecule is CC[Si](CC)(CC)O[C@H]1[C@@]2(CO[Si](c3ccccc3)(c3ccccc3)C(C)(C)C)O[C@H]2[C@H](N=[N+]=[N-])[C@]12N=C(c1ccc(OC)cc1)O[C@H]2C. The summed E-state index contributed by atoms with van der Waals surface area (Å²) in [6.45, 7) is 15.8. The fraction of sp³-hybridized carbons (Fsp3) is 0.500. The molecule has 6 rings (SSSR count). The van der Waals surface area contributed by atoms with Gasteiger partial charge in [0.1, 0.15) is 35.2 Å².